The van der Waals surface area contributed by atoms with Crippen molar-refractivity contribution in [2.45, 2.75) is 37.5 Å². The molecule has 1 aromatic rings. The summed E-state index contributed by atoms with van der Waals surface area (Å²) in [5, 5.41) is 7.17. The van der Waals surface area contributed by atoms with E-state index < -0.39 is 0 Å². The molecule has 8 heteroatoms. The Morgan fingerprint density at radius 1 is 1.27 bits per heavy atom. The fourth-order valence-corrected chi connectivity index (χ4v) is 4.82. The van der Waals surface area contributed by atoms with Gasteiger partial charge in [0.25, 0.3) is 0 Å². The average molecular weight is 549 g/mol. The second kappa shape index (κ2) is 12.1. The molecule has 0 aliphatic carbocycles. The molecule has 1 aromatic carbocycles. The van der Waals surface area contributed by atoms with Crippen LogP contribution in [-0.4, -0.2) is 63.7 Å². The highest BCUT2D eigenvalue weighted by molar-refractivity contribution is 14.0. The zero-order chi connectivity index (χ0) is 20.7. The maximum Gasteiger partial charge on any atom is 0.220 e. The van der Waals surface area contributed by atoms with Gasteiger partial charge >= 0.3 is 0 Å². The van der Waals surface area contributed by atoms with Crippen molar-refractivity contribution >= 4 is 47.4 Å². The number of amides is 1. The summed E-state index contributed by atoms with van der Waals surface area (Å²) < 4.78 is 5.64. The van der Waals surface area contributed by atoms with Crippen LogP contribution < -0.4 is 10.6 Å². The van der Waals surface area contributed by atoms with Crippen LogP contribution in [0.5, 0.6) is 0 Å². The number of halogens is 2. The van der Waals surface area contributed by atoms with E-state index >= 15 is 0 Å². The van der Waals surface area contributed by atoms with Crippen LogP contribution >= 0.6 is 35.6 Å². The van der Waals surface area contributed by atoms with Crippen molar-refractivity contribution in [3.8, 4) is 0 Å². The Balaban J connectivity index is 0.00000320. The number of piperidine rings is 1. The first-order valence-corrected chi connectivity index (χ1v) is 10.9. The lowest BCUT2D eigenvalue weighted by Gasteiger charge is -2.40. The first kappa shape index (κ1) is 25.2. The van der Waals surface area contributed by atoms with Crippen LogP contribution in [0.15, 0.2) is 29.3 Å². The molecule has 30 heavy (non-hydrogen) atoms. The number of carbonyl (C=O) groups excluding carboxylic acids is 1. The molecule has 2 saturated heterocycles. The molecule has 2 heterocycles. The summed E-state index contributed by atoms with van der Waals surface area (Å²) >= 11 is 6.57. The minimum absolute atomic E-state index is 0. The minimum atomic E-state index is -0.0515. The van der Waals surface area contributed by atoms with Gasteiger partial charge in [-0.25, -0.2) is 0 Å². The van der Waals surface area contributed by atoms with Gasteiger partial charge in [0.2, 0.25) is 5.91 Å². The number of likely N-dealkylation sites (tertiary alicyclic amines) is 1. The standard InChI is InChI=1S/C22H33ClN4O2.HI/c1-24-20(28)15-17-7-11-27(12-8-17)21(25-2)26-16-22(9-13-29-14-10-22)18-5-3-4-6-19(18)23;/h3-6,17H,7-16H2,1-2H3,(H,24,28)(H,25,26);1H. The van der Waals surface area contributed by atoms with Crippen molar-refractivity contribution in [2.24, 2.45) is 10.9 Å². The van der Waals surface area contributed by atoms with E-state index in [0.29, 0.717) is 12.3 Å². The SMILES string of the molecule is CN=C(NCC1(c2ccccc2Cl)CCOCC1)N1CCC(CC(=O)NC)CC1.I. The lowest BCUT2D eigenvalue weighted by atomic mass is 9.74. The Hall–Kier alpha value is -1.06. The summed E-state index contributed by atoms with van der Waals surface area (Å²) in [5.41, 5.74) is 1.14. The third-order valence-corrected chi connectivity index (χ3v) is 6.69. The molecule has 3 rings (SSSR count). The van der Waals surface area contributed by atoms with E-state index in [4.69, 9.17) is 16.3 Å². The summed E-state index contributed by atoms with van der Waals surface area (Å²) in [5.74, 6) is 1.52. The van der Waals surface area contributed by atoms with Crippen LogP contribution in [0, 0.1) is 5.92 Å². The van der Waals surface area contributed by atoms with Gasteiger partial charge in [-0.05, 0) is 43.2 Å². The molecule has 0 aromatic heterocycles. The van der Waals surface area contributed by atoms with E-state index in [-0.39, 0.29) is 35.3 Å². The summed E-state index contributed by atoms with van der Waals surface area (Å²) in [4.78, 5) is 18.5. The van der Waals surface area contributed by atoms with Crippen molar-refractivity contribution in [1.29, 1.82) is 0 Å². The van der Waals surface area contributed by atoms with Gasteiger partial charge in [-0.1, -0.05) is 29.8 Å². The van der Waals surface area contributed by atoms with Gasteiger partial charge in [0.15, 0.2) is 5.96 Å². The number of nitrogens with zero attached hydrogens (tertiary/aromatic N) is 2. The zero-order valence-electron chi connectivity index (χ0n) is 18.0. The number of carbonyl (C=O) groups is 1. The normalized spacial score (nSPS) is 19.7. The van der Waals surface area contributed by atoms with E-state index in [0.717, 1.165) is 69.5 Å². The quantitative estimate of drug-likeness (QED) is 0.336. The molecule has 2 fully saturated rings. The third-order valence-electron chi connectivity index (χ3n) is 6.36. The van der Waals surface area contributed by atoms with E-state index in [1.54, 1.807) is 7.05 Å². The van der Waals surface area contributed by atoms with Crippen LogP contribution in [0.3, 0.4) is 0 Å². The molecule has 0 saturated carbocycles. The number of hydrogen-bond donors (Lipinski definition) is 2. The van der Waals surface area contributed by atoms with E-state index in [9.17, 15) is 4.79 Å². The van der Waals surface area contributed by atoms with Crippen molar-refractivity contribution in [3.63, 3.8) is 0 Å². The molecule has 168 valence electrons. The maximum absolute atomic E-state index is 11.6. The number of ether oxygens (including phenoxy) is 1. The summed E-state index contributed by atoms with van der Waals surface area (Å²) in [6, 6.07) is 8.15. The molecular formula is C22H34ClIN4O2. The number of nitrogens with one attached hydrogen (secondary N) is 2. The predicted octanol–water partition coefficient (Wildman–Crippen LogP) is 3.43. The van der Waals surface area contributed by atoms with Gasteiger partial charge in [0.05, 0.1) is 0 Å². The second-order valence-electron chi connectivity index (χ2n) is 8.08. The fourth-order valence-electron chi connectivity index (χ4n) is 4.49. The Kier molecular flexibility index (Phi) is 10.2. The smallest absolute Gasteiger partial charge is 0.220 e. The van der Waals surface area contributed by atoms with Gasteiger partial charge in [0.1, 0.15) is 0 Å². The van der Waals surface area contributed by atoms with Gasteiger partial charge < -0.3 is 20.3 Å². The molecule has 2 N–H and O–H groups in total. The lowest BCUT2D eigenvalue weighted by molar-refractivity contribution is -0.121. The van der Waals surface area contributed by atoms with Crippen LogP contribution in [0.4, 0.5) is 0 Å². The molecule has 0 spiro atoms. The average Bonchev–Trinajstić information content (AvgIpc) is 2.76. The predicted molar refractivity (Wildman–Crippen MR) is 133 cm³/mol. The third kappa shape index (κ3) is 6.23. The van der Waals surface area contributed by atoms with Gasteiger partial charge in [-0.15, -0.1) is 24.0 Å². The number of aliphatic imine (C=N–C) groups is 1. The van der Waals surface area contributed by atoms with Crippen LogP contribution in [-0.2, 0) is 14.9 Å². The first-order valence-electron chi connectivity index (χ1n) is 10.6. The van der Waals surface area contributed by atoms with Crippen LogP contribution in [0.25, 0.3) is 0 Å². The highest BCUT2D eigenvalue weighted by atomic mass is 127. The Morgan fingerprint density at radius 3 is 2.53 bits per heavy atom. The number of rotatable bonds is 5. The minimum Gasteiger partial charge on any atom is -0.381 e. The van der Waals surface area contributed by atoms with Crippen LogP contribution in [0.2, 0.25) is 5.02 Å². The van der Waals surface area contributed by atoms with Crippen molar-refractivity contribution in [3.05, 3.63) is 34.9 Å². The van der Waals surface area contributed by atoms with E-state index in [1.165, 1.54) is 5.56 Å². The first-order chi connectivity index (χ1) is 14.1. The van der Waals surface area contributed by atoms with Gasteiger partial charge in [-0.2, -0.15) is 0 Å². The summed E-state index contributed by atoms with van der Waals surface area (Å²) in [6.07, 6.45) is 4.52. The Labute approximate surface area is 202 Å². The zero-order valence-corrected chi connectivity index (χ0v) is 21.0. The number of guanidine groups is 1. The molecule has 6 nitrogen and oxygen atoms in total. The molecule has 0 radical (unpaired) electrons. The monoisotopic (exact) mass is 548 g/mol. The number of hydrogen-bond acceptors (Lipinski definition) is 3. The maximum atomic E-state index is 11.6. The fraction of sp³-hybridized carbons (Fsp3) is 0.636. The second-order valence-corrected chi connectivity index (χ2v) is 8.49. The molecule has 2 aliphatic heterocycles. The van der Waals surface area contributed by atoms with Gasteiger partial charge in [0, 0.05) is 63.8 Å². The Bertz CT molecular complexity index is 717. The van der Waals surface area contributed by atoms with Gasteiger partial charge in [-0.3, -0.25) is 9.79 Å². The molecule has 0 unspecified atom stereocenters. The van der Waals surface area contributed by atoms with E-state index in [1.807, 2.05) is 19.2 Å². The van der Waals surface area contributed by atoms with Crippen LogP contribution in [0.1, 0.15) is 37.7 Å². The molecule has 1 amide bonds. The molecule has 2 aliphatic rings. The highest BCUT2D eigenvalue weighted by Gasteiger charge is 2.36. The molecular weight excluding hydrogens is 515 g/mol. The number of benzene rings is 1. The van der Waals surface area contributed by atoms with Crippen molar-refractivity contribution in [1.82, 2.24) is 15.5 Å². The Morgan fingerprint density at radius 2 is 1.93 bits per heavy atom. The summed E-state index contributed by atoms with van der Waals surface area (Å²) in [7, 11) is 3.54. The topological polar surface area (TPSA) is 66.0 Å². The molecule has 0 bridgehead atoms. The van der Waals surface area contributed by atoms with Crippen molar-refractivity contribution in [2.75, 3.05) is 46.9 Å². The van der Waals surface area contributed by atoms with E-state index in [2.05, 4.69) is 32.7 Å². The molecule has 0 atom stereocenters. The van der Waals surface area contributed by atoms with Crippen molar-refractivity contribution < 1.29 is 9.53 Å². The lowest BCUT2D eigenvalue weighted by Crippen LogP contribution is -2.51. The summed E-state index contributed by atoms with van der Waals surface area (Å²) in [6.45, 7) is 4.12. The largest absolute Gasteiger partial charge is 0.381 e. The highest BCUT2D eigenvalue weighted by Crippen LogP contribution is 2.38.